The summed E-state index contributed by atoms with van der Waals surface area (Å²) >= 11 is 1.52. The minimum Gasteiger partial charge on any atom is -0.379 e. The highest BCUT2D eigenvalue weighted by molar-refractivity contribution is 8.14. The fourth-order valence-corrected chi connectivity index (χ4v) is 3.92. The summed E-state index contributed by atoms with van der Waals surface area (Å²) in [5.74, 6) is -0.554. The van der Waals surface area contributed by atoms with Crippen molar-refractivity contribution in [2.24, 2.45) is 10.7 Å². The third kappa shape index (κ3) is 4.38. The van der Waals surface area contributed by atoms with Crippen molar-refractivity contribution in [1.82, 2.24) is 15.0 Å². The number of rotatable bonds is 4. The minimum atomic E-state index is -2.73. The number of thioether (sulfide) groups is 1. The third-order valence-corrected chi connectivity index (χ3v) is 4.96. The lowest BCUT2D eigenvalue weighted by Crippen LogP contribution is -2.33. The lowest BCUT2D eigenvalue weighted by molar-refractivity contribution is 0.102. The van der Waals surface area contributed by atoms with Crippen LogP contribution in [0.2, 0.25) is 0 Å². The minimum absolute atomic E-state index is 0.0612. The van der Waals surface area contributed by atoms with Crippen LogP contribution >= 0.6 is 11.8 Å². The molecule has 0 fully saturated rings. The largest absolute Gasteiger partial charge is 0.379 e. The summed E-state index contributed by atoms with van der Waals surface area (Å²) in [6.07, 6.45) is 1.49. The molecule has 3 heterocycles. The molecule has 0 unspecified atom stereocenters. The molecule has 2 aromatic rings. The molecular weight excluding hydrogens is 374 g/mol. The average Bonchev–Trinajstić information content (AvgIpc) is 2.61. The summed E-state index contributed by atoms with van der Waals surface area (Å²) in [6, 6.07) is 3.35. The van der Waals surface area contributed by atoms with E-state index >= 15 is 0 Å². The van der Waals surface area contributed by atoms with Crippen LogP contribution in [-0.2, 0) is 5.54 Å². The zero-order valence-electron chi connectivity index (χ0n) is 14.7. The molecule has 0 radical (unpaired) electrons. The first kappa shape index (κ1) is 19.2. The molecule has 0 spiro atoms. The lowest BCUT2D eigenvalue weighted by Gasteiger charge is -2.32. The summed E-state index contributed by atoms with van der Waals surface area (Å²) in [5.41, 5.74) is 5.95. The van der Waals surface area contributed by atoms with Gasteiger partial charge in [-0.3, -0.25) is 14.8 Å². The Balaban J connectivity index is 1.80. The molecule has 3 rings (SSSR count). The van der Waals surface area contributed by atoms with E-state index in [-0.39, 0.29) is 10.9 Å². The van der Waals surface area contributed by atoms with Gasteiger partial charge in [-0.05, 0) is 25.5 Å². The second-order valence-electron chi connectivity index (χ2n) is 6.37. The molecule has 1 aliphatic rings. The van der Waals surface area contributed by atoms with Crippen LogP contribution < -0.4 is 11.1 Å². The van der Waals surface area contributed by atoms with Crippen LogP contribution in [0.4, 0.5) is 14.5 Å². The molecular formula is C17H18F2N6OS. The van der Waals surface area contributed by atoms with Gasteiger partial charge in [0.1, 0.15) is 16.9 Å². The van der Waals surface area contributed by atoms with Gasteiger partial charge in [-0.2, -0.15) is 0 Å². The molecule has 2 aromatic heterocycles. The van der Waals surface area contributed by atoms with E-state index in [1.807, 2.05) is 6.92 Å². The predicted molar refractivity (Wildman–Crippen MR) is 99.8 cm³/mol. The summed E-state index contributed by atoms with van der Waals surface area (Å²) < 4.78 is 25.1. The molecule has 0 saturated carbocycles. The Labute approximate surface area is 158 Å². The molecule has 0 bridgehead atoms. The highest BCUT2D eigenvalue weighted by atomic mass is 32.2. The van der Waals surface area contributed by atoms with Gasteiger partial charge in [0.2, 0.25) is 0 Å². The standard InChI is InChI=1S/C17H18F2N6OS/c1-9-6-17(2,25-16(20)27-9)13-5-10(3-4-21-13)24-15(26)12-8-22-11(7-23-12)14(18)19/h3-5,7-9,14H,6H2,1-2H3,(H2,20,25)(H,21,24,26)/t9-,17+/m1/s1. The smallest absolute Gasteiger partial charge is 0.281 e. The second kappa shape index (κ2) is 7.55. The van der Waals surface area contributed by atoms with Gasteiger partial charge in [0.05, 0.1) is 18.1 Å². The maximum atomic E-state index is 12.5. The highest BCUT2D eigenvalue weighted by Gasteiger charge is 2.34. The van der Waals surface area contributed by atoms with Crippen molar-refractivity contribution in [3.63, 3.8) is 0 Å². The quantitative estimate of drug-likeness (QED) is 0.828. The van der Waals surface area contributed by atoms with Gasteiger partial charge in [-0.25, -0.2) is 18.8 Å². The van der Waals surface area contributed by atoms with Crippen LogP contribution in [-0.4, -0.2) is 31.3 Å². The zero-order valence-corrected chi connectivity index (χ0v) is 15.5. The Kier molecular flexibility index (Phi) is 5.36. The van der Waals surface area contributed by atoms with E-state index < -0.39 is 23.6 Å². The van der Waals surface area contributed by atoms with Crippen molar-refractivity contribution in [3.8, 4) is 0 Å². The number of amides is 1. The first-order valence-corrected chi connectivity index (χ1v) is 9.05. The number of amidine groups is 1. The van der Waals surface area contributed by atoms with Crippen molar-refractivity contribution >= 4 is 28.5 Å². The van der Waals surface area contributed by atoms with E-state index in [9.17, 15) is 13.6 Å². The Morgan fingerprint density at radius 2 is 2.15 bits per heavy atom. The van der Waals surface area contributed by atoms with Crippen LogP contribution in [0, 0.1) is 0 Å². The van der Waals surface area contributed by atoms with Crippen molar-refractivity contribution in [2.75, 3.05) is 5.32 Å². The molecule has 2 atom stereocenters. The fourth-order valence-electron chi connectivity index (χ4n) is 2.85. The van der Waals surface area contributed by atoms with Gasteiger partial charge >= 0.3 is 0 Å². The van der Waals surface area contributed by atoms with Gasteiger partial charge < -0.3 is 11.1 Å². The van der Waals surface area contributed by atoms with Crippen molar-refractivity contribution in [3.05, 3.63) is 47.8 Å². The Bertz CT molecular complexity index is 876. The topological polar surface area (TPSA) is 106 Å². The van der Waals surface area contributed by atoms with E-state index in [2.05, 4.69) is 32.2 Å². The zero-order chi connectivity index (χ0) is 19.6. The second-order valence-corrected chi connectivity index (χ2v) is 7.83. The summed E-state index contributed by atoms with van der Waals surface area (Å²) in [7, 11) is 0. The SMILES string of the molecule is C[C@@H]1C[C@@](C)(c2cc(NC(=O)c3cnc(C(F)F)cn3)ccn2)N=C(N)S1. The number of pyridine rings is 1. The lowest BCUT2D eigenvalue weighted by atomic mass is 9.91. The monoisotopic (exact) mass is 392 g/mol. The van der Waals surface area contributed by atoms with Crippen LogP contribution in [0.5, 0.6) is 0 Å². The number of alkyl halides is 2. The number of carbonyl (C=O) groups is 1. The van der Waals surface area contributed by atoms with Crippen LogP contribution in [0.1, 0.15) is 48.6 Å². The Morgan fingerprint density at radius 1 is 1.37 bits per heavy atom. The summed E-state index contributed by atoms with van der Waals surface area (Å²) in [6.45, 7) is 4.01. The Hall–Kier alpha value is -2.62. The van der Waals surface area contributed by atoms with E-state index in [0.717, 1.165) is 18.8 Å². The first-order valence-electron chi connectivity index (χ1n) is 8.17. The number of aromatic nitrogens is 3. The van der Waals surface area contributed by atoms with Crippen molar-refractivity contribution < 1.29 is 13.6 Å². The summed E-state index contributed by atoms with van der Waals surface area (Å²) in [4.78, 5) is 28.5. The molecule has 10 heteroatoms. The van der Waals surface area contributed by atoms with Crippen molar-refractivity contribution in [2.45, 2.75) is 37.5 Å². The van der Waals surface area contributed by atoms with Crippen molar-refractivity contribution in [1.29, 1.82) is 0 Å². The molecule has 0 saturated heterocycles. The Morgan fingerprint density at radius 3 is 2.78 bits per heavy atom. The van der Waals surface area contributed by atoms with Crippen LogP contribution in [0.25, 0.3) is 0 Å². The molecule has 1 amide bonds. The molecule has 7 nitrogen and oxygen atoms in total. The maximum absolute atomic E-state index is 12.5. The number of hydrogen-bond acceptors (Lipinski definition) is 7. The molecule has 3 N–H and O–H groups in total. The van der Waals surface area contributed by atoms with Crippen LogP contribution in [0.15, 0.2) is 35.7 Å². The number of aliphatic imine (C=N–C) groups is 1. The third-order valence-electron chi connectivity index (χ3n) is 4.06. The molecule has 1 aliphatic heterocycles. The number of anilines is 1. The average molecular weight is 392 g/mol. The van der Waals surface area contributed by atoms with Gasteiger partial charge in [-0.1, -0.05) is 18.7 Å². The van der Waals surface area contributed by atoms with Gasteiger partial charge in [0, 0.05) is 17.1 Å². The number of carbonyl (C=O) groups excluding carboxylic acids is 1. The summed E-state index contributed by atoms with van der Waals surface area (Å²) in [5, 5.41) is 3.46. The molecule has 27 heavy (non-hydrogen) atoms. The number of hydrogen-bond donors (Lipinski definition) is 2. The number of nitrogens with one attached hydrogen (secondary N) is 1. The molecule has 0 aliphatic carbocycles. The van der Waals surface area contributed by atoms with E-state index in [1.54, 1.807) is 18.3 Å². The van der Waals surface area contributed by atoms with Gasteiger partial charge in [0.15, 0.2) is 5.17 Å². The fraction of sp³-hybridized carbons (Fsp3) is 0.353. The molecule has 142 valence electrons. The van der Waals surface area contributed by atoms with Crippen LogP contribution in [0.3, 0.4) is 0 Å². The molecule has 0 aromatic carbocycles. The van der Waals surface area contributed by atoms with Gasteiger partial charge in [-0.15, -0.1) is 0 Å². The predicted octanol–water partition coefficient (Wildman–Crippen LogP) is 3.12. The number of nitrogens with two attached hydrogens (primary N) is 1. The van der Waals surface area contributed by atoms with E-state index in [0.29, 0.717) is 16.5 Å². The maximum Gasteiger partial charge on any atom is 0.281 e. The highest BCUT2D eigenvalue weighted by Crippen LogP contribution is 2.38. The first-order chi connectivity index (χ1) is 12.8. The number of halogens is 2. The van der Waals surface area contributed by atoms with E-state index in [4.69, 9.17) is 5.73 Å². The van der Waals surface area contributed by atoms with Gasteiger partial charge in [0.25, 0.3) is 12.3 Å². The van der Waals surface area contributed by atoms with E-state index in [1.165, 1.54) is 11.8 Å². The number of nitrogens with zero attached hydrogens (tertiary/aromatic N) is 4. The normalized spacial score (nSPS) is 22.4.